The third-order valence-corrected chi connectivity index (χ3v) is 3.02. The second-order valence-corrected chi connectivity index (χ2v) is 4.72. The molecular formula is C14H20N4O2. The van der Waals surface area contributed by atoms with E-state index >= 15 is 0 Å². The van der Waals surface area contributed by atoms with E-state index in [2.05, 4.69) is 22.6 Å². The summed E-state index contributed by atoms with van der Waals surface area (Å²) in [4.78, 5) is 11.7. The van der Waals surface area contributed by atoms with Crippen LogP contribution in [0.4, 0.5) is 5.69 Å². The highest BCUT2D eigenvalue weighted by molar-refractivity contribution is 5.93. The van der Waals surface area contributed by atoms with Crippen molar-refractivity contribution < 1.29 is 9.53 Å². The Kier molecular flexibility index (Phi) is 5.06. The van der Waals surface area contributed by atoms with Crippen molar-refractivity contribution in [2.75, 3.05) is 18.5 Å². The number of carbonyl (C=O) groups is 1. The zero-order valence-corrected chi connectivity index (χ0v) is 11.9. The summed E-state index contributed by atoms with van der Waals surface area (Å²) in [6.45, 7) is 2.85. The van der Waals surface area contributed by atoms with E-state index in [1.807, 2.05) is 19.2 Å². The predicted molar refractivity (Wildman–Crippen MR) is 77.5 cm³/mol. The Balaban J connectivity index is 1.83. The molecule has 0 saturated carbocycles. The molecule has 0 saturated heterocycles. The molecule has 0 atom stereocenters. The number of rotatable bonds is 7. The number of hydrogen-bond acceptors (Lipinski definition) is 4. The van der Waals surface area contributed by atoms with Gasteiger partial charge in [-0.25, -0.2) is 4.68 Å². The van der Waals surface area contributed by atoms with E-state index in [0.717, 1.165) is 30.3 Å². The molecular weight excluding hydrogens is 256 g/mol. The molecule has 2 aromatic rings. The molecule has 1 heterocycles. The van der Waals surface area contributed by atoms with Crippen LogP contribution < -0.4 is 5.32 Å². The highest BCUT2D eigenvalue weighted by atomic mass is 16.5. The van der Waals surface area contributed by atoms with E-state index in [-0.39, 0.29) is 12.5 Å². The van der Waals surface area contributed by atoms with Crippen molar-refractivity contribution in [3.63, 3.8) is 0 Å². The summed E-state index contributed by atoms with van der Waals surface area (Å²) in [6, 6.07) is 5.52. The van der Waals surface area contributed by atoms with Gasteiger partial charge in [-0.15, -0.1) is 5.10 Å². The quantitative estimate of drug-likeness (QED) is 0.786. The van der Waals surface area contributed by atoms with E-state index in [1.165, 1.54) is 0 Å². The van der Waals surface area contributed by atoms with E-state index < -0.39 is 0 Å². The number of carbonyl (C=O) groups excluding carboxylic acids is 1. The van der Waals surface area contributed by atoms with Crippen LogP contribution in [0.2, 0.25) is 0 Å². The highest BCUT2D eigenvalue weighted by Crippen LogP contribution is 2.16. The first-order valence-corrected chi connectivity index (χ1v) is 6.87. The molecule has 6 heteroatoms. The third kappa shape index (κ3) is 3.77. The zero-order chi connectivity index (χ0) is 14.4. The number of nitrogens with zero attached hydrogens (tertiary/aromatic N) is 3. The first-order chi connectivity index (χ1) is 9.70. The average Bonchev–Trinajstić information content (AvgIpc) is 2.80. The van der Waals surface area contributed by atoms with E-state index in [1.54, 1.807) is 10.7 Å². The van der Waals surface area contributed by atoms with Crippen molar-refractivity contribution in [2.24, 2.45) is 7.05 Å². The van der Waals surface area contributed by atoms with Gasteiger partial charge in [0, 0.05) is 19.3 Å². The average molecular weight is 276 g/mol. The highest BCUT2D eigenvalue weighted by Gasteiger charge is 2.06. The van der Waals surface area contributed by atoms with Crippen molar-refractivity contribution in [1.29, 1.82) is 0 Å². The van der Waals surface area contributed by atoms with Gasteiger partial charge in [-0.1, -0.05) is 25.0 Å². The van der Waals surface area contributed by atoms with Crippen molar-refractivity contribution >= 4 is 22.6 Å². The van der Waals surface area contributed by atoms with Crippen molar-refractivity contribution in [2.45, 2.75) is 26.2 Å². The lowest BCUT2D eigenvalue weighted by Gasteiger charge is -2.06. The number of aromatic nitrogens is 3. The summed E-state index contributed by atoms with van der Waals surface area (Å²) in [7, 11) is 1.83. The molecule has 6 nitrogen and oxygen atoms in total. The number of amides is 1. The Labute approximate surface area is 118 Å². The van der Waals surface area contributed by atoms with Gasteiger partial charge >= 0.3 is 0 Å². The minimum absolute atomic E-state index is 0.0855. The first-order valence-electron chi connectivity index (χ1n) is 6.87. The molecule has 0 radical (unpaired) electrons. The summed E-state index contributed by atoms with van der Waals surface area (Å²) in [5, 5.41) is 10.7. The molecule has 0 aliphatic carbocycles. The zero-order valence-electron chi connectivity index (χ0n) is 11.9. The Morgan fingerprint density at radius 2 is 2.25 bits per heavy atom. The molecule has 0 fully saturated rings. The second kappa shape index (κ2) is 7.00. The number of anilines is 1. The Hall–Kier alpha value is -1.95. The molecule has 20 heavy (non-hydrogen) atoms. The number of nitrogens with one attached hydrogen (secondary N) is 1. The van der Waals surface area contributed by atoms with Crippen LogP contribution in [0.3, 0.4) is 0 Å². The number of fused-ring (bicyclic) bond motifs is 1. The van der Waals surface area contributed by atoms with Gasteiger partial charge in [0.05, 0.1) is 5.52 Å². The summed E-state index contributed by atoms with van der Waals surface area (Å²) in [5.41, 5.74) is 2.40. The van der Waals surface area contributed by atoms with Crippen LogP contribution in [0.5, 0.6) is 0 Å². The van der Waals surface area contributed by atoms with Crippen LogP contribution in [0.15, 0.2) is 18.2 Å². The molecule has 0 unspecified atom stereocenters. The number of aryl methyl sites for hydroxylation is 1. The van der Waals surface area contributed by atoms with E-state index in [4.69, 9.17) is 4.74 Å². The third-order valence-electron chi connectivity index (χ3n) is 3.02. The first kappa shape index (κ1) is 14.5. The fourth-order valence-corrected chi connectivity index (χ4v) is 1.93. The van der Waals surface area contributed by atoms with E-state index in [0.29, 0.717) is 12.3 Å². The monoisotopic (exact) mass is 276 g/mol. The van der Waals surface area contributed by atoms with Crippen LogP contribution in [-0.2, 0) is 16.6 Å². The van der Waals surface area contributed by atoms with Gasteiger partial charge in [0.25, 0.3) is 0 Å². The van der Waals surface area contributed by atoms with Gasteiger partial charge in [-0.05, 0) is 24.6 Å². The van der Waals surface area contributed by atoms with Crippen LogP contribution >= 0.6 is 0 Å². The van der Waals surface area contributed by atoms with Crippen molar-refractivity contribution in [3.8, 4) is 0 Å². The number of ether oxygens (including phenoxy) is 1. The lowest BCUT2D eigenvalue weighted by molar-refractivity contribution is -0.120. The fourth-order valence-electron chi connectivity index (χ4n) is 1.93. The van der Waals surface area contributed by atoms with Crippen molar-refractivity contribution in [3.05, 3.63) is 18.2 Å². The lowest BCUT2D eigenvalue weighted by atomic mass is 10.2. The Morgan fingerprint density at radius 1 is 1.40 bits per heavy atom. The van der Waals surface area contributed by atoms with Crippen LogP contribution in [0.25, 0.3) is 11.0 Å². The largest absolute Gasteiger partial charge is 0.372 e. The molecule has 0 spiro atoms. The van der Waals surface area contributed by atoms with Gasteiger partial charge in [0.15, 0.2) is 0 Å². The molecule has 1 aromatic carbocycles. The number of benzene rings is 1. The van der Waals surface area contributed by atoms with Crippen LogP contribution in [0, 0.1) is 0 Å². The minimum Gasteiger partial charge on any atom is -0.372 e. The van der Waals surface area contributed by atoms with Gasteiger partial charge in [-0.2, -0.15) is 0 Å². The standard InChI is InChI=1S/C14H20N4O2/c1-3-4-5-8-20-10-14(19)15-11-6-7-13-12(9-11)16-17-18(13)2/h6-7,9H,3-5,8,10H2,1-2H3,(H,15,19). The molecule has 0 aliphatic rings. The Bertz CT molecular complexity index is 580. The molecule has 108 valence electrons. The Morgan fingerprint density at radius 3 is 3.05 bits per heavy atom. The topological polar surface area (TPSA) is 69.0 Å². The lowest BCUT2D eigenvalue weighted by Crippen LogP contribution is -2.18. The van der Waals surface area contributed by atoms with Gasteiger partial charge in [-0.3, -0.25) is 4.79 Å². The fraction of sp³-hybridized carbons (Fsp3) is 0.500. The van der Waals surface area contributed by atoms with Crippen LogP contribution in [-0.4, -0.2) is 34.1 Å². The summed E-state index contributed by atoms with van der Waals surface area (Å²) in [6.07, 6.45) is 3.27. The molecule has 1 amide bonds. The summed E-state index contributed by atoms with van der Waals surface area (Å²) in [5.74, 6) is -0.148. The molecule has 1 aromatic heterocycles. The SMILES string of the molecule is CCCCCOCC(=O)Nc1ccc2c(c1)nnn2C. The summed E-state index contributed by atoms with van der Waals surface area (Å²) >= 11 is 0. The summed E-state index contributed by atoms with van der Waals surface area (Å²) < 4.78 is 7.01. The molecule has 2 rings (SSSR count). The second-order valence-electron chi connectivity index (χ2n) is 4.72. The van der Waals surface area contributed by atoms with Gasteiger partial charge < -0.3 is 10.1 Å². The van der Waals surface area contributed by atoms with Gasteiger partial charge in [0.1, 0.15) is 12.1 Å². The maximum absolute atomic E-state index is 11.7. The van der Waals surface area contributed by atoms with E-state index in [9.17, 15) is 4.79 Å². The maximum atomic E-state index is 11.7. The number of hydrogen-bond donors (Lipinski definition) is 1. The van der Waals surface area contributed by atoms with Crippen LogP contribution in [0.1, 0.15) is 26.2 Å². The normalized spacial score (nSPS) is 10.9. The van der Waals surface area contributed by atoms with Gasteiger partial charge in [0.2, 0.25) is 5.91 Å². The minimum atomic E-state index is -0.148. The maximum Gasteiger partial charge on any atom is 0.250 e. The smallest absolute Gasteiger partial charge is 0.250 e. The molecule has 1 N–H and O–H groups in total. The number of unbranched alkanes of at least 4 members (excludes halogenated alkanes) is 2. The predicted octanol–water partition coefficient (Wildman–Crippen LogP) is 2.11. The molecule has 0 aliphatic heterocycles. The van der Waals surface area contributed by atoms with Crippen molar-refractivity contribution in [1.82, 2.24) is 15.0 Å². The molecule has 0 bridgehead atoms.